The van der Waals surface area contributed by atoms with Crippen molar-refractivity contribution in [3.05, 3.63) is 23.3 Å². The Kier molecular flexibility index (Phi) is 1.28. The van der Waals surface area contributed by atoms with Crippen LogP contribution < -0.4 is 0 Å². The molecule has 1 heteroatoms. The van der Waals surface area contributed by atoms with E-state index in [4.69, 9.17) is 4.74 Å². The molecule has 0 aliphatic heterocycles. The highest BCUT2D eigenvalue weighted by atomic mass is 16.5. The lowest BCUT2D eigenvalue weighted by atomic mass is 10.0. The van der Waals surface area contributed by atoms with E-state index in [1.54, 1.807) is 11.1 Å². The molecule has 3 aliphatic rings. The van der Waals surface area contributed by atoms with E-state index < -0.39 is 0 Å². The Morgan fingerprint density at radius 3 is 3.17 bits per heavy atom. The molecule has 64 valence electrons. The highest BCUT2D eigenvalue weighted by molar-refractivity contribution is 5.41. The third kappa shape index (κ3) is 0.831. The van der Waals surface area contributed by atoms with Crippen LogP contribution in [0, 0.1) is 11.8 Å². The van der Waals surface area contributed by atoms with Gasteiger partial charge in [0.1, 0.15) is 0 Å². The first-order chi connectivity index (χ1) is 5.88. The SMILES string of the molecule is COC1CC2=C(C1)C1C[C@@H]1C=C2. The van der Waals surface area contributed by atoms with Crippen LogP contribution in [0.25, 0.3) is 0 Å². The van der Waals surface area contributed by atoms with Crippen molar-refractivity contribution in [1.29, 1.82) is 0 Å². The van der Waals surface area contributed by atoms with Gasteiger partial charge in [0, 0.05) is 7.11 Å². The van der Waals surface area contributed by atoms with E-state index in [0.717, 1.165) is 18.3 Å². The number of methoxy groups -OCH3 is 1. The number of hydrogen-bond acceptors (Lipinski definition) is 1. The van der Waals surface area contributed by atoms with Crippen molar-refractivity contribution in [1.82, 2.24) is 0 Å². The van der Waals surface area contributed by atoms with E-state index in [1.807, 2.05) is 7.11 Å². The largest absolute Gasteiger partial charge is 0.381 e. The topological polar surface area (TPSA) is 9.23 Å². The lowest BCUT2D eigenvalue weighted by Crippen LogP contribution is -2.04. The second kappa shape index (κ2) is 2.23. The first-order valence-electron chi connectivity index (χ1n) is 4.81. The molecular weight excluding hydrogens is 148 g/mol. The van der Waals surface area contributed by atoms with Crippen LogP contribution in [0.15, 0.2) is 23.3 Å². The summed E-state index contributed by atoms with van der Waals surface area (Å²) < 4.78 is 5.39. The third-order valence-corrected chi connectivity index (χ3v) is 3.47. The molecule has 0 aromatic rings. The summed E-state index contributed by atoms with van der Waals surface area (Å²) in [6.45, 7) is 0. The molecule has 0 radical (unpaired) electrons. The minimum atomic E-state index is 0.485. The number of ether oxygens (including phenoxy) is 1. The number of rotatable bonds is 1. The quantitative estimate of drug-likeness (QED) is 0.575. The zero-order valence-corrected chi connectivity index (χ0v) is 7.42. The van der Waals surface area contributed by atoms with E-state index in [0.29, 0.717) is 6.10 Å². The van der Waals surface area contributed by atoms with Crippen LogP contribution in [-0.2, 0) is 4.74 Å². The minimum Gasteiger partial charge on any atom is -0.381 e. The third-order valence-electron chi connectivity index (χ3n) is 3.47. The first-order valence-corrected chi connectivity index (χ1v) is 4.81. The summed E-state index contributed by atoms with van der Waals surface area (Å²) in [7, 11) is 1.83. The molecule has 0 heterocycles. The van der Waals surface area contributed by atoms with Crippen molar-refractivity contribution in [2.24, 2.45) is 11.8 Å². The van der Waals surface area contributed by atoms with E-state index in [-0.39, 0.29) is 0 Å². The fourth-order valence-corrected chi connectivity index (χ4v) is 2.62. The van der Waals surface area contributed by atoms with Crippen LogP contribution in [0.3, 0.4) is 0 Å². The zero-order valence-electron chi connectivity index (χ0n) is 7.42. The summed E-state index contributed by atoms with van der Waals surface area (Å²) >= 11 is 0. The van der Waals surface area contributed by atoms with Gasteiger partial charge in [0.2, 0.25) is 0 Å². The molecule has 0 aromatic carbocycles. The van der Waals surface area contributed by atoms with E-state index in [9.17, 15) is 0 Å². The molecule has 0 saturated heterocycles. The second-order valence-corrected chi connectivity index (χ2v) is 4.18. The van der Waals surface area contributed by atoms with Crippen LogP contribution in [0.2, 0.25) is 0 Å². The van der Waals surface area contributed by atoms with Gasteiger partial charge in [0.15, 0.2) is 0 Å². The predicted octanol–water partition coefficient (Wildman–Crippen LogP) is 2.30. The van der Waals surface area contributed by atoms with Crippen molar-refractivity contribution >= 4 is 0 Å². The summed E-state index contributed by atoms with van der Waals surface area (Å²) in [6, 6.07) is 0. The summed E-state index contributed by atoms with van der Waals surface area (Å²) in [5.41, 5.74) is 3.30. The van der Waals surface area contributed by atoms with Crippen LogP contribution in [-0.4, -0.2) is 13.2 Å². The maximum Gasteiger partial charge on any atom is 0.0649 e. The Hall–Kier alpha value is -0.560. The Morgan fingerprint density at radius 2 is 2.33 bits per heavy atom. The second-order valence-electron chi connectivity index (χ2n) is 4.18. The van der Waals surface area contributed by atoms with Crippen LogP contribution in [0.1, 0.15) is 19.3 Å². The van der Waals surface area contributed by atoms with Gasteiger partial charge in [-0.25, -0.2) is 0 Å². The summed E-state index contributed by atoms with van der Waals surface area (Å²) in [5.74, 6) is 1.82. The number of fused-ring (bicyclic) bond motifs is 2. The molecule has 3 rings (SSSR count). The Morgan fingerprint density at radius 1 is 1.42 bits per heavy atom. The highest BCUT2D eigenvalue weighted by Crippen LogP contribution is 2.53. The molecule has 2 unspecified atom stereocenters. The normalized spacial score (nSPS) is 42.9. The molecule has 0 N–H and O–H groups in total. The highest BCUT2D eigenvalue weighted by Gasteiger charge is 2.43. The molecule has 3 aliphatic carbocycles. The van der Waals surface area contributed by atoms with Gasteiger partial charge in [-0.15, -0.1) is 0 Å². The molecule has 1 nitrogen and oxygen atoms in total. The maximum absolute atomic E-state index is 5.39. The average Bonchev–Trinajstić information content (AvgIpc) is 2.77. The Bertz CT molecular complexity index is 275. The summed E-state index contributed by atoms with van der Waals surface area (Å²) in [4.78, 5) is 0. The standard InChI is InChI=1S/C11H14O/c1-12-9-4-7-2-3-8-5-10(8)11(7)6-9/h2-3,8-10H,4-6H2,1H3/t8-,9?,10?/m0/s1. The van der Waals surface area contributed by atoms with Gasteiger partial charge in [0.05, 0.1) is 6.10 Å². The van der Waals surface area contributed by atoms with Gasteiger partial charge in [-0.1, -0.05) is 17.7 Å². The van der Waals surface area contributed by atoms with E-state index in [2.05, 4.69) is 12.2 Å². The van der Waals surface area contributed by atoms with Crippen molar-refractivity contribution in [2.75, 3.05) is 7.11 Å². The molecule has 1 fully saturated rings. The summed E-state index contributed by atoms with van der Waals surface area (Å²) in [5, 5.41) is 0. The van der Waals surface area contributed by atoms with Crippen LogP contribution >= 0.6 is 0 Å². The molecule has 0 aromatic heterocycles. The van der Waals surface area contributed by atoms with Crippen LogP contribution in [0.5, 0.6) is 0 Å². The number of hydrogen-bond donors (Lipinski definition) is 0. The van der Waals surface area contributed by atoms with Crippen LogP contribution in [0.4, 0.5) is 0 Å². The Labute approximate surface area is 73.1 Å². The molecule has 0 bridgehead atoms. The minimum absolute atomic E-state index is 0.485. The van der Waals surface area contributed by atoms with Gasteiger partial charge in [0.25, 0.3) is 0 Å². The van der Waals surface area contributed by atoms with Crippen molar-refractivity contribution < 1.29 is 4.74 Å². The fraction of sp³-hybridized carbons (Fsp3) is 0.636. The molecular formula is C11H14O. The van der Waals surface area contributed by atoms with Gasteiger partial charge in [-0.3, -0.25) is 0 Å². The maximum atomic E-state index is 5.39. The molecule has 0 amide bonds. The molecule has 12 heavy (non-hydrogen) atoms. The smallest absolute Gasteiger partial charge is 0.0649 e. The number of allylic oxidation sites excluding steroid dienone is 2. The van der Waals surface area contributed by atoms with Gasteiger partial charge in [-0.2, -0.15) is 0 Å². The molecule has 3 atom stereocenters. The van der Waals surface area contributed by atoms with Gasteiger partial charge < -0.3 is 4.74 Å². The average molecular weight is 162 g/mol. The van der Waals surface area contributed by atoms with Gasteiger partial charge in [-0.05, 0) is 36.7 Å². The molecule has 1 saturated carbocycles. The van der Waals surface area contributed by atoms with E-state index in [1.165, 1.54) is 12.8 Å². The lowest BCUT2D eigenvalue weighted by Gasteiger charge is -2.06. The lowest BCUT2D eigenvalue weighted by molar-refractivity contribution is 0.111. The molecule has 0 spiro atoms. The Balaban J connectivity index is 1.87. The van der Waals surface area contributed by atoms with Gasteiger partial charge >= 0.3 is 0 Å². The zero-order chi connectivity index (χ0) is 8.13. The fourth-order valence-electron chi connectivity index (χ4n) is 2.62. The van der Waals surface area contributed by atoms with Crippen molar-refractivity contribution in [2.45, 2.75) is 25.4 Å². The van der Waals surface area contributed by atoms with Crippen molar-refractivity contribution in [3.63, 3.8) is 0 Å². The predicted molar refractivity (Wildman–Crippen MR) is 47.8 cm³/mol. The van der Waals surface area contributed by atoms with Crippen molar-refractivity contribution in [3.8, 4) is 0 Å². The summed E-state index contributed by atoms with van der Waals surface area (Å²) in [6.07, 6.45) is 8.98. The monoisotopic (exact) mass is 162 g/mol. The van der Waals surface area contributed by atoms with E-state index >= 15 is 0 Å². The first kappa shape index (κ1) is 6.90.